The van der Waals surface area contributed by atoms with Crippen LogP contribution in [0.4, 0.5) is 5.69 Å². The minimum Gasteiger partial charge on any atom is -0.380 e. The van der Waals surface area contributed by atoms with Crippen LogP contribution in [0, 0.1) is 0 Å². The molecule has 0 unspecified atom stereocenters. The number of carbonyl (C=O) groups excluding carboxylic acids is 1. The number of hydrogen-bond donors (Lipinski definition) is 1. The number of methoxy groups -OCH3 is 1. The lowest BCUT2D eigenvalue weighted by atomic mass is 10.2. The van der Waals surface area contributed by atoms with E-state index in [1.165, 1.54) is 5.56 Å². The largest absolute Gasteiger partial charge is 0.380 e. The molecule has 0 saturated carbocycles. The Hall–Kier alpha value is -1.30. The third-order valence-electron chi connectivity index (χ3n) is 2.94. The SMILES string of the molecule is COCc1cccc(NC(=O)CSCc2ccc(Br)cc2)c1. The summed E-state index contributed by atoms with van der Waals surface area (Å²) in [4.78, 5) is 12.0. The predicted molar refractivity (Wildman–Crippen MR) is 96.1 cm³/mol. The number of thioether (sulfide) groups is 1. The van der Waals surface area contributed by atoms with E-state index in [4.69, 9.17) is 4.74 Å². The first-order valence-corrected chi connectivity index (χ1v) is 8.82. The predicted octanol–water partition coefficient (Wildman–Crippen LogP) is 4.47. The van der Waals surface area contributed by atoms with Crippen LogP contribution >= 0.6 is 27.7 Å². The van der Waals surface area contributed by atoms with Crippen molar-refractivity contribution >= 4 is 39.3 Å². The van der Waals surface area contributed by atoms with Gasteiger partial charge in [0.05, 0.1) is 12.4 Å². The molecule has 1 amide bonds. The average Bonchev–Trinajstić information content (AvgIpc) is 2.50. The van der Waals surface area contributed by atoms with Gasteiger partial charge in [-0.05, 0) is 35.4 Å². The number of rotatable bonds is 7. The van der Waals surface area contributed by atoms with Gasteiger partial charge in [0, 0.05) is 23.0 Å². The Labute approximate surface area is 143 Å². The van der Waals surface area contributed by atoms with Gasteiger partial charge >= 0.3 is 0 Å². The molecule has 0 aliphatic rings. The highest BCUT2D eigenvalue weighted by molar-refractivity contribution is 9.10. The molecule has 2 aromatic rings. The zero-order valence-electron chi connectivity index (χ0n) is 12.3. The molecular weight excluding hydrogens is 362 g/mol. The quantitative estimate of drug-likeness (QED) is 0.771. The molecule has 116 valence electrons. The first kappa shape index (κ1) is 17.1. The number of anilines is 1. The smallest absolute Gasteiger partial charge is 0.234 e. The van der Waals surface area contributed by atoms with Crippen LogP contribution in [0.25, 0.3) is 0 Å². The van der Waals surface area contributed by atoms with E-state index in [2.05, 4.69) is 33.4 Å². The van der Waals surface area contributed by atoms with Crippen molar-refractivity contribution in [1.82, 2.24) is 0 Å². The highest BCUT2D eigenvalue weighted by atomic mass is 79.9. The van der Waals surface area contributed by atoms with Crippen molar-refractivity contribution in [3.05, 3.63) is 64.1 Å². The van der Waals surface area contributed by atoms with E-state index >= 15 is 0 Å². The summed E-state index contributed by atoms with van der Waals surface area (Å²) in [5.74, 6) is 1.27. The zero-order chi connectivity index (χ0) is 15.8. The Morgan fingerprint density at radius 2 is 1.95 bits per heavy atom. The monoisotopic (exact) mass is 379 g/mol. The van der Waals surface area contributed by atoms with Gasteiger partial charge in [-0.3, -0.25) is 4.79 Å². The third kappa shape index (κ3) is 5.83. The fraction of sp³-hybridized carbons (Fsp3) is 0.235. The van der Waals surface area contributed by atoms with Gasteiger partial charge in [-0.25, -0.2) is 0 Å². The second-order valence-electron chi connectivity index (χ2n) is 4.80. The number of halogens is 1. The van der Waals surface area contributed by atoms with E-state index in [1.807, 2.05) is 36.4 Å². The van der Waals surface area contributed by atoms with Gasteiger partial charge < -0.3 is 10.1 Å². The molecule has 22 heavy (non-hydrogen) atoms. The van der Waals surface area contributed by atoms with Crippen LogP contribution in [0.5, 0.6) is 0 Å². The van der Waals surface area contributed by atoms with Crippen molar-refractivity contribution in [3.8, 4) is 0 Å². The Balaban J connectivity index is 1.78. The first-order chi connectivity index (χ1) is 10.7. The average molecular weight is 380 g/mol. The summed E-state index contributed by atoms with van der Waals surface area (Å²) in [6, 6.07) is 15.8. The molecule has 0 aromatic heterocycles. The molecule has 2 rings (SSSR count). The molecule has 2 aromatic carbocycles. The molecule has 0 aliphatic heterocycles. The van der Waals surface area contributed by atoms with Crippen LogP contribution in [-0.4, -0.2) is 18.8 Å². The van der Waals surface area contributed by atoms with E-state index in [0.717, 1.165) is 21.5 Å². The Kier molecular flexibility index (Phi) is 6.96. The summed E-state index contributed by atoms with van der Waals surface area (Å²) in [5.41, 5.74) is 3.06. The molecule has 0 radical (unpaired) electrons. The lowest BCUT2D eigenvalue weighted by molar-refractivity contribution is -0.113. The summed E-state index contributed by atoms with van der Waals surface area (Å²) < 4.78 is 6.15. The molecule has 1 N–H and O–H groups in total. The van der Waals surface area contributed by atoms with E-state index in [9.17, 15) is 4.79 Å². The molecule has 0 aliphatic carbocycles. The number of ether oxygens (including phenoxy) is 1. The minimum absolute atomic E-state index is 0.0108. The number of hydrogen-bond acceptors (Lipinski definition) is 3. The van der Waals surface area contributed by atoms with Crippen molar-refractivity contribution in [1.29, 1.82) is 0 Å². The molecule has 0 atom stereocenters. The second-order valence-corrected chi connectivity index (χ2v) is 6.70. The zero-order valence-corrected chi connectivity index (χ0v) is 14.7. The van der Waals surface area contributed by atoms with Crippen LogP contribution in [0.1, 0.15) is 11.1 Å². The summed E-state index contributed by atoms with van der Waals surface area (Å²) in [5, 5.41) is 2.91. The summed E-state index contributed by atoms with van der Waals surface area (Å²) in [6.07, 6.45) is 0. The van der Waals surface area contributed by atoms with Gasteiger partial charge in [-0.1, -0.05) is 40.2 Å². The number of benzene rings is 2. The maximum Gasteiger partial charge on any atom is 0.234 e. The fourth-order valence-electron chi connectivity index (χ4n) is 1.94. The Morgan fingerprint density at radius 1 is 1.18 bits per heavy atom. The van der Waals surface area contributed by atoms with Crippen LogP contribution in [0.2, 0.25) is 0 Å². The maximum absolute atomic E-state index is 12.0. The van der Waals surface area contributed by atoms with Gasteiger partial charge in [0.2, 0.25) is 5.91 Å². The highest BCUT2D eigenvalue weighted by Gasteiger charge is 2.04. The molecule has 0 saturated heterocycles. The number of carbonyl (C=O) groups is 1. The Morgan fingerprint density at radius 3 is 2.68 bits per heavy atom. The topological polar surface area (TPSA) is 38.3 Å². The molecule has 3 nitrogen and oxygen atoms in total. The highest BCUT2D eigenvalue weighted by Crippen LogP contribution is 2.17. The number of amides is 1. The van der Waals surface area contributed by atoms with Crippen LogP contribution in [0.15, 0.2) is 53.0 Å². The van der Waals surface area contributed by atoms with Gasteiger partial charge in [0.15, 0.2) is 0 Å². The van der Waals surface area contributed by atoms with Crippen molar-refractivity contribution in [2.24, 2.45) is 0 Å². The minimum atomic E-state index is 0.0108. The normalized spacial score (nSPS) is 10.5. The molecule has 0 heterocycles. The van der Waals surface area contributed by atoms with Crippen molar-refractivity contribution in [2.45, 2.75) is 12.4 Å². The van der Waals surface area contributed by atoms with Gasteiger partial charge in [0.25, 0.3) is 0 Å². The molecule has 0 bridgehead atoms. The second kappa shape index (κ2) is 8.98. The van der Waals surface area contributed by atoms with Crippen LogP contribution in [-0.2, 0) is 21.9 Å². The summed E-state index contributed by atoms with van der Waals surface area (Å²) >= 11 is 5.01. The first-order valence-electron chi connectivity index (χ1n) is 6.87. The lowest BCUT2D eigenvalue weighted by Crippen LogP contribution is -2.14. The number of nitrogens with one attached hydrogen (secondary N) is 1. The van der Waals surface area contributed by atoms with Gasteiger partial charge in [-0.15, -0.1) is 11.8 Å². The van der Waals surface area contributed by atoms with Gasteiger partial charge in [0.1, 0.15) is 0 Å². The van der Waals surface area contributed by atoms with E-state index in [0.29, 0.717) is 12.4 Å². The van der Waals surface area contributed by atoms with Gasteiger partial charge in [-0.2, -0.15) is 0 Å². The molecule has 5 heteroatoms. The van der Waals surface area contributed by atoms with Crippen LogP contribution in [0.3, 0.4) is 0 Å². The van der Waals surface area contributed by atoms with Crippen molar-refractivity contribution < 1.29 is 9.53 Å². The van der Waals surface area contributed by atoms with Crippen LogP contribution < -0.4 is 5.32 Å². The van der Waals surface area contributed by atoms with E-state index < -0.39 is 0 Å². The Bertz CT molecular complexity index is 616. The molecular formula is C17H18BrNO2S. The van der Waals surface area contributed by atoms with E-state index in [1.54, 1.807) is 18.9 Å². The fourth-order valence-corrected chi connectivity index (χ4v) is 3.00. The maximum atomic E-state index is 12.0. The summed E-state index contributed by atoms with van der Waals surface area (Å²) in [7, 11) is 1.66. The van der Waals surface area contributed by atoms with Crippen molar-refractivity contribution in [3.63, 3.8) is 0 Å². The third-order valence-corrected chi connectivity index (χ3v) is 4.47. The van der Waals surface area contributed by atoms with E-state index in [-0.39, 0.29) is 5.91 Å². The standard InChI is InChI=1S/C17H18BrNO2S/c1-21-10-14-3-2-4-16(9-14)19-17(20)12-22-11-13-5-7-15(18)8-6-13/h2-9H,10-12H2,1H3,(H,19,20). The van der Waals surface area contributed by atoms with Crippen molar-refractivity contribution in [2.75, 3.05) is 18.2 Å². The lowest BCUT2D eigenvalue weighted by Gasteiger charge is -2.07. The molecule has 0 spiro atoms. The summed E-state index contributed by atoms with van der Waals surface area (Å²) in [6.45, 7) is 0.544. The molecule has 0 fully saturated rings.